The van der Waals surface area contributed by atoms with Crippen LogP contribution in [-0.2, 0) is 0 Å². The largest absolute Gasteiger partial charge is 0.437 e. The maximum atomic E-state index is 8.69. The van der Waals surface area contributed by atoms with Crippen LogP contribution in [0.2, 0.25) is 0 Å². The number of anilines is 1. The second-order valence-corrected chi connectivity index (χ2v) is 4.21. The predicted molar refractivity (Wildman–Crippen MR) is 67.6 cm³/mol. The molecule has 4 nitrogen and oxygen atoms in total. The summed E-state index contributed by atoms with van der Waals surface area (Å²) in [5.41, 5.74) is 6.48. The van der Waals surface area contributed by atoms with Gasteiger partial charge in [0.05, 0.1) is 11.3 Å². The number of rotatable bonds is 2. The zero-order chi connectivity index (χ0) is 12.3. The van der Waals surface area contributed by atoms with E-state index in [9.17, 15) is 0 Å². The molecule has 0 saturated heterocycles. The van der Waals surface area contributed by atoms with Gasteiger partial charge in [0, 0.05) is 10.7 Å². The lowest BCUT2D eigenvalue weighted by Gasteiger charge is -2.07. The van der Waals surface area contributed by atoms with Crippen LogP contribution >= 0.6 is 15.9 Å². The van der Waals surface area contributed by atoms with Gasteiger partial charge in [-0.1, -0.05) is 22.0 Å². The first-order valence-electron chi connectivity index (χ1n) is 4.78. The van der Waals surface area contributed by atoms with Crippen molar-refractivity contribution in [2.24, 2.45) is 0 Å². The summed E-state index contributed by atoms with van der Waals surface area (Å²) in [5.74, 6) is 0.922. The zero-order valence-corrected chi connectivity index (χ0v) is 10.3. The molecule has 1 aromatic heterocycles. The number of aromatic nitrogens is 1. The van der Waals surface area contributed by atoms with Crippen LogP contribution in [-0.4, -0.2) is 4.98 Å². The van der Waals surface area contributed by atoms with E-state index in [1.165, 1.54) is 12.3 Å². The van der Waals surface area contributed by atoms with E-state index in [1.54, 1.807) is 12.1 Å². The third-order valence-corrected chi connectivity index (χ3v) is 2.51. The Morgan fingerprint density at radius 3 is 2.82 bits per heavy atom. The second-order valence-electron chi connectivity index (χ2n) is 3.29. The molecule has 0 amide bonds. The fourth-order valence-corrected chi connectivity index (χ4v) is 1.64. The summed E-state index contributed by atoms with van der Waals surface area (Å²) in [7, 11) is 0. The number of benzene rings is 1. The quantitative estimate of drug-likeness (QED) is 0.922. The third kappa shape index (κ3) is 2.74. The fraction of sp³-hybridized carbons (Fsp3) is 0. The minimum Gasteiger partial charge on any atom is -0.437 e. The van der Waals surface area contributed by atoms with Gasteiger partial charge >= 0.3 is 0 Å². The maximum Gasteiger partial charge on any atom is 0.242 e. The Bertz CT molecular complexity index is 593. The molecule has 0 fully saturated rings. The molecular formula is C12H8BrN3O. The molecule has 84 valence electrons. The van der Waals surface area contributed by atoms with Crippen molar-refractivity contribution in [1.82, 2.24) is 4.98 Å². The van der Waals surface area contributed by atoms with E-state index in [0.29, 0.717) is 22.9 Å². The van der Waals surface area contributed by atoms with E-state index < -0.39 is 0 Å². The molecule has 0 unspecified atom stereocenters. The smallest absolute Gasteiger partial charge is 0.242 e. The van der Waals surface area contributed by atoms with Crippen LogP contribution in [0.15, 0.2) is 41.0 Å². The average Bonchev–Trinajstić information content (AvgIpc) is 2.32. The lowest BCUT2D eigenvalue weighted by molar-refractivity contribution is 0.465. The van der Waals surface area contributed by atoms with Crippen molar-refractivity contribution in [3.8, 4) is 17.7 Å². The number of nitrogen functional groups attached to an aromatic ring is 1. The van der Waals surface area contributed by atoms with E-state index in [-0.39, 0.29) is 0 Å². The van der Waals surface area contributed by atoms with Crippen molar-refractivity contribution in [3.63, 3.8) is 0 Å². The molecule has 5 heteroatoms. The van der Waals surface area contributed by atoms with Crippen LogP contribution in [0.4, 0.5) is 5.69 Å². The van der Waals surface area contributed by atoms with E-state index in [2.05, 4.69) is 20.9 Å². The van der Waals surface area contributed by atoms with E-state index in [4.69, 9.17) is 15.7 Å². The number of pyridine rings is 1. The summed E-state index contributed by atoms with van der Waals surface area (Å²) in [5, 5.41) is 8.69. The first-order valence-corrected chi connectivity index (χ1v) is 5.57. The normalized spacial score (nSPS) is 9.65. The Labute approximate surface area is 107 Å². The monoisotopic (exact) mass is 289 g/mol. The van der Waals surface area contributed by atoms with Gasteiger partial charge in [0.1, 0.15) is 11.8 Å². The molecule has 1 aromatic carbocycles. The van der Waals surface area contributed by atoms with Gasteiger partial charge in [-0.25, -0.2) is 4.98 Å². The SMILES string of the molecule is N#Cc1cnc(Oc2cccc(Br)c2)c(N)c1. The summed E-state index contributed by atoms with van der Waals surface area (Å²) < 4.78 is 6.42. The number of nitriles is 1. The molecule has 0 saturated carbocycles. The van der Waals surface area contributed by atoms with Gasteiger partial charge in [0.15, 0.2) is 0 Å². The zero-order valence-electron chi connectivity index (χ0n) is 8.72. The molecule has 17 heavy (non-hydrogen) atoms. The topological polar surface area (TPSA) is 71.9 Å². The fourth-order valence-electron chi connectivity index (χ4n) is 1.26. The number of nitrogens with two attached hydrogens (primary N) is 1. The Hall–Kier alpha value is -2.06. The Morgan fingerprint density at radius 2 is 2.18 bits per heavy atom. The molecule has 0 aliphatic carbocycles. The molecule has 1 heterocycles. The molecule has 0 radical (unpaired) electrons. The van der Waals surface area contributed by atoms with Crippen molar-refractivity contribution >= 4 is 21.6 Å². The molecular weight excluding hydrogens is 282 g/mol. The third-order valence-electron chi connectivity index (χ3n) is 2.02. The van der Waals surface area contributed by atoms with Crippen LogP contribution in [0.25, 0.3) is 0 Å². The number of halogens is 1. The van der Waals surface area contributed by atoms with Gasteiger partial charge in [-0.3, -0.25) is 0 Å². The van der Waals surface area contributed by atoms with Crippen molar-refractivity contribution in [3.05, 3.63) is 46.6 Å². The Morgan fingerprint density at radius 1 is 1.35 bits per heavy atom. The van der Waals surface area contributed by atoms with Crippen LogP contribution in [0, 0.1) is 11.3 Å². The lowest BCUT2D eigenvalue weighted by Crippen LogP contribution is -1.95. The van der Waals surface area contributed by atoms with E-state index in [1.807, 2.05) is 18.2 Å². The van der Waals surface area contributed by atoms with Crippen LogP contribution in [0.1, 0.15) is 5.56 Å². The number of hydrogen-bond donors (Lipinski definition) is 1. The van der Waals surface area contributed by atoms with E-state index >= 15 is 0 Å². The van der Waals surface area contributed by atoms with E-state index in [0.717, 1.165) is 4.47 Å². The van der Waals surface area contributed by atoms with Crippen molar-refractivity contribution < 1.29 is 4.74 Å². The minimum atomic E-state index is 0.294. The highest BCUT2D eigenvalue weighted by atomic mass is 79.9. The van der Waals surface area contributed by atoms with Gasteiger partial charge in [-0.05, 0) is 24.3 Å². The minimum absolute atomic E-state index is 0.294. The highest BCUT2D eigenvalue weighted by Gasteiger charge is 2.05. The molecule has 2 N–H and O–H groups in total. The average molecular weight is 290 g/mol. The van der Waals surface area contributed by atoms with Gasteiger partial charge in [-0.15, -0.1) is 0 Å². The van der Waals surface area contributed by atoms with Gasteiger partial charge in [0.25, 0.3) is 0 Å². The standard InChI is InChI=1S/C12H8BrN3O/c13-9-2-1-3-10(5-9)17-12-11(15)4-8(6-14)7-16-12/h1-5,7H,15H2. The molecule has 0 aliphatic heterocycles. The van der Waals surface area contributed by atoms with Gasteiger partial charge in [-0.2, -0.15) is 5.26 Å². The summed E-state index contributed by atoms with van der Waals surface area (Å²) in [6.45, 7) is 0. The first kappa shape index (κ1) is 11.4. The van der Waals surface area contributed by atoms with Gasteiger partial charge < -0.3 is 10.5 Å². The summed E-state index contributed by atoms with van der Waals surface area (Å²) in [6.07, 6.45) is 1.42. The van der Waals surface area contributed by atoms with Crippen molar-refractivity contribution in [1.29, 1.82) is 5.26 Å². The molecule has 0 bridgehead atoms. The molecule has 2 rings (SSSR count). The predicted octanol–water partition coefficient (Wildman–Crippen LogP) is 3.09. The molecule has 0 spiro atoms. The van der Waals surface area contributed by atoms with Crippen LogP contribution < -0.4 is 10.5 Å². The summed E-state index contributed by atoms with van der Waals surface area (Å²) in [4.78, 5) is 3.99. The number of hydrogen-bond acceptors (Lipinski definition) is 4. The Kier molecular flexibility index (Phi) is 3.26. The van der Waals surface area contributed by atoms with Crippen molar-refractivity contribution in [2.75, 3.05) is 5.73 Å². The summed E-state index contributed by atoms with van der Waals surface area (Å²) >= 11 is 3.34. The van der Waals surface area contributed by atoms with Crippen LogP contribution in [0.5, 0.6) is 11.6 Å². The number of nitrogens with zero attached hydrogens (tertiary/aromatic N) is 2. The maximum absolute atomic E-state index is 8.69. The highest BCUT2D eigenvalue weighted by molar-refractivity contribution is 9.10. The number of ether oxygens (including phenoxy) is 1. The molecule has 0 aliphatic rings. The summed E-state index contributed by atoms with van der Waals surface area (Å²) in [6, 6.07) is 10.8. The Balaban J connectivity index is 2.28. The van der Waals surface area contributed by atoms with Crippen molar-refractivity contribution in [2.45, 2.75) is 0 Å². The highest BCUT2D eigenvalue weighted by Crippen LogP contribution is 2.27. The first-order chi connectivity index (χ1) is 8.19. The lowest BCUT2D eigenvalue weighted by atomic mass is 10.3. The van der Waals surface area contributed by atoms with Gasteiger partial charge in [0.2, 0.25) is 5.88 Å². The molecule has 2 aromatic rings. The van der Waals surface area contributed by atoms with Crippen LogP contribution in [0.3, 0.4) is 0 Å². The second kappa shape index (κ2) is 4.85. The molecule has 0 atom stereocenters.